The first kappa shape index (κ1) is 13.7. The molecule has 0 N–H and O–H groups in total. The Morgan fingerprint density at radius 3 is 2.53 bits per heavy atom. The number of nitriles is 1. The minimum atomic E-state index is -4.49. The van der Waals surface area contributed by atoms with Crippen molar-refractivity contribution in [2.24, 2.45) is 5.41 Å². The Hall–Kier alpha value is -1.77. The van der Waals surface area contributed by atoms with Crippen molar-refractivity contribution in [3.8, 4) is 6.07 Å². The van der Waals surface area contributed by atoms with Gasteiger partial charge in [-0.2, -0.15) is 18.4 Å². The molecule has 1 aromatic rings. The standard InChI is InChI=1S/C13H14F3N3/c1-12(2)5-6-19(8-12)11-9(7-17)3-4-10(18-11)13(14,15)16/h3-4H,5-6,8H2,1-2H3. The van der Waals surface area contributed by atoms with E-state index in [0.717, 1.165) is 12.5 Å². The molecule has 102 valence electrons. The van der Waals surface area contributed by atoms with Gasteiger partial charge in [0.15, 0.2) is 0 Å². The van der Waals surface area contributed by atoms with Crippen molar-refractivity contribution in [3.05, 3.63) is 23.4 Å². The van der Waals surface area contributed by atoms with Crippen LogP contribution in [-0.2, 0) is 6.18 Å². The van der Waals surface area contributed by atoms with Crippen LogP contribution in [-0.4, -0.2) is 18.1 Å². The molecule has 1 saturated heterocycles. The number of hydrogen-bond acceptors (Lipinski definition) is 3. The maximum absolute atomic E-state index is 12.7. The van der Waals surface area contributed by atoms with Gasteiger partial charge in [-0.3, -0.25) is 0 Å². The Labute approximate surface area is 109 Å². The Morgan fingerprint density at radius 2 is 2.05 bits per heavy atom. The zero-order valence-corrected chi connectivity index (χ0v) is 10.8. The maximum Gasteiger partial charge on any atom is 0.433 e. The molecule has 19 heavy (non-hydrogen) atoms. The third-order valence-corrected chi connectivity index (χ3v) is 3.26. The van der Waals surface area contributed by atoms with Crippen LogP contribution in [0.5, 0.6) is 0 Å². The van der Waals surface area contributed by atoms with Crippen LogP contribution in [0.4, 0.5) is 19.0 Å². The number of nitrogens with zero attached hydrogens (tertiary/aromatic N) is 3. The Bertz CT molecular complexity index is 529. The molecule has 0 bridgehead atoms. The Kier molecular flexibility index (Phi) is 3.17. The van der Waals surface area contributed by atoms with Crippen molar-refractivity contribution in [2.45, 2.75) is 26.4 Å². The van der Waals surface area contributed by atoms with Crippen molar-refractivity contribution in [1.82, 2.24) is 4.98 Å². The molecule has 6 heteroatoms. The Balaban J connectivity index is 2.41. The molecular weight excluding hydrogens is 255 g/mol. The van der Waals surface area contributed by atoms with E-state index in [1.165, 1.54) is 6.07 Å². The van der Waals surface area contributed by atoms with Crippen LogP contribution in [0.2, 0.25) is 0 Å². The minimum absolute atomic E-state index is 0.0304. The number of rotatable bonds is 1. The molecule has 3 nitrogen and oxygen atoms in total. The van der Waals surface area contributed by atoms with Gasteiger partial charge in [0.05, 0.1) is 5.56 Å². The second kappa shape index (κ2) is 4.41. The fraction of sp³-hybridized carbons (Fsp3) is 0.538. The molecule has 1 aliphatic heterocycles. The smallest absolute Gasteiger partial charge is 0.355 e. The van der Waals surface area contributed by atoms with Crippen LogP contribution in [0.3, 0.4) is 0 Å². The number of aromatic nitrogens is 1. The van der Waals surface area contributed by atoms with Gasteiger partial charge in [0.25, 0.3) is 0 Å². The molecule has 0 atom stereocenters. The van der Waals surface area contributed by atoms with E-state index in [1.807, 2.05) is 19.9 Å². The second-order valence-electron chi connectivity index (χ2n) is 5.51. The SMILES string of the molecule is CC1(C)CCN(c2nc(C(F)(F)F)ccc2C#N)C1. The number of hydrogen-bond donors (Lipinski definition) is 0. The fourth-order valence-corrected chi connectivity index (χ4v) is 2.23. The monoisotopic (exact) mass is 269 g/mol. The van der Waals surface area contributed by atoms with Gasteiger partial charge < -0.3 is 4.90 Å². The quantitative estimate of drug-likeness (QED) is 0.786. The van der Waals surface area contributed by atoms with Crippen molar-refractivity contribution < 1.29 is 13.2 Å². The highest BCUT2D eigenvalue weighted by atomic mass is 19.4. The van der Waals surface area contributed by atoms with E-state index in [0.29, 0.717) is 13.1 Å². The molecule has 0 aromatic carbocycles. The predicted octanol–water partition coefficient (Wildman–Crippen LogP) is 3.21. The zero-order chi connectivity index (χ0) is 14.3. The van der Waals surface area contributed by atoms with E-state index in [-0.39, 0.29) is 16.8 Å². The van der Waals surface area contributed by atoms with Crippen LogP contribution in [0, 0.1) is 16.7 Å². The summed E-state index contributed by atoms with van der Waals surface area (Å²) >= 11 is 0. The molecule has 0 amide bonds. The highest BCUT2D eigenvalue weighted by Crippen LogP contribution is 2.35. The van der Waals surface area contributed by atoms with Crippen molar-refractivity contribution in [1.29, 1.82) is 5.26 Å². The number of halogens is 3. The number of anilines is 1. The predicted molar refractivity (Wildman–Crippen MR) is 64.6 cm³/mol. The lowest BCUT2D eigenvalue weighted by atomic mass is 9.93. The van der Waals surface area contributed by atoms with Crippen LogP contribution < -0.4 is 4.90 Å². The lowest BCUT2D eigenvalue weighted by Gasteiger charge is -2.22. The van der Waals surface area contributed by atoms with Gasteiger partial charge in [-0.05, 0) is 24.0 Å². The van der Waals surface area contributed by atoms with Gasteiger partial charge in [0.1, 0.15) is 17.6 Å². The van der Waals surface area contributed by atoms with Crippen LogP contribution in [0.15, 0.2) is 12.1 Å². The summed E-state index contributed by atoms with van der Waals surface area (Å²) in [5.41, 5.74) is -0.736. The summed E-state index contributed by atoms with van der Waals surface area (Å²) in [5.74, 6) is 0.142. The molecule has 0 saturated carbocycles. The molecule has 1 aliphatic rings. The van der Waals surface area contributed by atoms with E-state index in [4.69, 9.17) is 5.26 Å². The first-order valence-electron chi connectivity index (χ1n) is 5.96. The first-order valence-corrected chi connectivity index (χ1v) is 5.96. The van der Waals surface area contributed by atoms with Crippen LogP contribution in [0.1, 0.15) is 31.5 Å². The summed E-state index contributed by atoms with van der Waals surface area (Å²) in [6.07, 6.45) is -3.62. The van der Waals surface area contributed by atoms with Gasteiger partial charge in [-0.15, -0.1) is 0 Å². The van der Waals surface area contributed by atoms with Gasteiger partial charge >= 0.3 is 6.18 Å². The number of alkyl halides is 3. The molecule has 2 heterocycles. The van der Waals surface area contributed by atoms with E-state index in [9.17, 15) is 13.2 Å². The highest BCUT2D eigenvalue weighted by Gasteiger charge is 2.36. The molecular formula is C13H14F3N3. The summed E-state index contributed by atoms with van der Waals surface area (Å²) in [5, 5.41) is 9.00. The van der Waals surface area contributed by atoms with Crippen molar-refractivity contribution in [2.75, 3.05) is 18.0 Å². The van der Waals surface area contributed by atoms with Crippen molar-refractivity contribution in [3.63, 3.8) is 0 Å². The van der Waals surface area contributed by atoms with E-state index < -0.39 is 11.9 Å². The topological polar surface area (TPSA) is 39.9 Å². The van der Waals surface area contributed by atoms with E-state index >= 15 is 0 Å². The molecule has 0 aliphatic carbocycles. The van der Waals surface area contributed by atoms with Crippen LogP contribution >= 0.6 is 0 Å². The molecule has 0 spiro atoms. The van der Waals surface area contributed by atoms with Gasteiger partial charge in [-0.1, -0.05) is 13.8 Å². The number of pyridine rings is 1. The molecule has 1 aromatic heterocycles. The van der Waals surface area contributed by atoms with Crippen molar-refractivity contribution >= 4 is 5.82 Å². The van der Waals surface area contributed by atoms with E-state index in [1.54, 1.807) is 4.90 Å². The minimum Gasteiger partial charge on any atom is -0.355 e. The molecule has 0 unspecified atom stereocenters. The van der Waals surface area contributed by atoms with Gasteiger partial charge in [-0.25, -0.2) is 4.98 Å². The molecule has 2 rings (SSSR count). The summed E-state index contributed by atoms with van der Waals surface area (Å²) < 4.78 is 38.0. The van der Waals surface area contributed by atoms with Crippen LogP contribution in [0.25, 0.3) is 0 Å². The first-order chi connectivity index (χ1) is 8.73. The molecule has 0 radical (unpaired) electrons. The lowest BCUT2D eigenvalue weighted by Crippen LogP contribution is -2.25. The summed E-state index contributed by atoms with van der Waals surface area (Å²) in [4.78, 5) is 5.40. The summed E-state index contributed by atoms with van der Waals surface area (Å²) in [7, 11) is 0. The van der Waals surface area contributed by atoms with E-state index in [2.05, 4.69) is 4.98 Å². The summed E-state index contributed by atoms with van der Waals surface area (Å²) in [6, 6.07) is 3.95. The lowest BCUT2D eigenvalue weighted by molar-refractivity contribution is -0.141. The van der Waals surface area contributed by atoms with Gasteiger partial charge in [0.2, 0.25) is 0 Å². The third kappa shape index (κ3) is 2.80. The highest BCUT2D eigenvalue weighted by molar-refractivity contribution is 5.55. The third-order valence-electron chi connectivity index (χ3n) is 3.26. The largest absolute Gasteiger partial charge is 0.433 e. The summed E-state index contributed by atoms with van der Waals surface area (Å²) in [6.45, 7) is 5.32. The fourth-order valence-electron chi connectivity index (χ4n) is 2.23. The normalized spacial score (nSPS) is 18.4. The average molecular weight is 269 g/mol. The van der Waals surface area contributed by atoms with Gasteiger partial charge in [0, 0.05) is 13.1 Å². The maximum atomic E-state index is 12.7. The average Bonchev–Trinajstić information content (AvgIpc) is 2.67. The second-order valence-corrected chi connectivity index (χ2v) is 5.51. The molecule has 1 fully saturated rings. The zero-order valence-electron chi connectivity index (χ0n) is 10.8. The Morgan fingerprint density at radius 1 is 1.37 bits per heavy atom.